The Balaban J connectivity index is 2.17. The summed E-state index contributed by atoms with van der Waals surface area (Å²) in [5.74, 6) is 0.831. The molecule has 2 aliphatic heterocycles. The van der Waals surface area contributed by atoms with Gasteiger partial charge in [0.05, 0.1) is 0 Å². The molecular weight excluding hydrogens is 150 g/mol. The summed E-state index contributed by atoms with van der Waals surface area (Å²) in [5.41, 5.74) is -0.307. The molecule has 2 heterocycles. The van der Waals surface area contributed by atoms with E-state index in [0.717, 1.165) is 19.5 Å². The molecule has 0 N–H and O–H groups in total. The standard InChI is InChI=1S/C7H10ClNO/c8-7-6(10)3-5-1-2-9(7)4-5/h5,7H,1-4H2/t5-,7+/m1/s1. The number of carbonyl (C=O) groups is 1. The molecule has 0 saturated carbocycles. The van der Waals surface area contributed by atoms with Gasteiger partial charge in [0, 0.05) is 19.5 Å². The van der Waals surface area contributed by atoms with Crippen LogP contribution in [0.4, 0.5) is 0 Å². The second-order valence-electron chi connectivity index (χ2n) is 3.16. The first kappa shape index (κ1) is 6.62. The molecule has 3 atom stereocenters. The Labute approximate surface area is 65.1 Å². The number of alkyl halides is 1. The van der Waals surface area contributed by atoms with E-state index in [9.17, 15) is 4.79 Å². The van der Waals surface area contributed by atoms with Crippen molar-refractivity contribution in [3.8, 4) is 0 Å². The Bertz CT molecular complexity index is 171. The number of halogens is 1. The first-order valence-electron chi connectivity index (χ1n) is 3.68. The van der Waals surface area contributed by atoms with E-state index in [1.54, 1.807) is 0 Å². The van der Waals surface area contributed by atoms with Crippen molar-refractivity contribution < 1.29 is 4.79 Å². The molecule has 0 aromatic rings. The Kier molecular flexibility index (Phi) is 1.46. The van der Waals surface area contributed by atoms with Gasteiger partial charge >= 0.3 is 0 Å². The minimum atomic E-state index is -0.307. The van der Waals surface area contributed by atoms with Gasteiger partial charge in [0.1, 0.15) is 5.50 Å². The summed E-state index contributed by atoms with van der Waals surface area (Å²) in [6.07, 6.45) is 1.87. The quantitative estimate of drug-likeness (QED) is 0.386. The molecule has 0 aromatic carbocycles. The molecule has 10 heavy (non-hydrogen) atoms. The van der Waals surface area contributed by atoms with Gasteiger partial charge in [-0.05, 0) is 12.3 Å². The number of carbonyl (C=O) groups excluding carboxylic acids is 1. The molecule has 2 nitrogen and oxygen atoms in total. The van der Waals surface area contributed by atoms with Crippen LogP contribution in [-0.4, -0.2) is 29.3 Å². The summed E-state index contributed by atoms with van der Waals surface area (Å²) < 4.78 is 0. The third-order valence-corrected chi connectivity index (χ3v) is 2.91. The number of hydrogen-bond acceptors (Lipinski definition) is 2. The first-order chi connectivity index (χ1) is 4.77. The molecule has 0 amide bonds. The van der Waals surface area contributed by atoms with Crippen molar-refractivity contribution in [2.45, 2.75) is 18.3 Å². The van der Waals surface area contributed by atoms with Crippen LogP contribution in [0.3, 0.4) is 0 Å². The highest BCUT2D eigenvalue weighted by molar-refractivity contribution is 6.31. The van der Waals surface area contributed by atoms with Gasteiger partial charge in [-0.1, -0.05) is 11.6 Å². The summed E-state index contributed by atoms with van der Waals surface area (Å²) in [6, 6.07) is 0. The van der Waals surface area contributed by atoms with Crippen LogP contribution in [0.1, 0.15) is 12.8 Å². The van der Waals surface area contributed by atoms with E-state index >= 15 is 0 Å². The van der Waals surface area contributed by atoms with Crippen molar-refractivity contribution in [3.05, 3.63) is 0 Å². The zero-order valence-corrected chi connectivity index (χ0v) is 6.47. The molecule has 0 spiro atoms. The smallest absolute Gasteiger partial charge is 0.165 e. The van der Waals surface area contributed by atoms with Crippen molar-refractivity contribution in [1.82, 2.24) is 4.90 Å². The van der Waals surface area contributed by atoms with Gasteiger partial charge < -0.3 is 0 Å². The van der Waals surface area contributed by atoms with Crippen molar-refractivity contribution >= 4 is 17.4 Å². The summed E-state index contributed by atoms with van der Waals surface area (Å²) in [5, 5.41) is 0. The van der Waals surface area contributed by atoms with Gasteiger partial charge in [-0.15, -0.1) is 0 Å². The lowest BCUT2D eigenvalue weighted by Gasteiger charge is -2.25. The SMILES string of the molecule is O=C1C[C@H]2CCN(C2)[C@@H]1Cl. The molecule has 2 saturated heterocycles. The van der Waals surface area contributed by atoms with Crippen molar-refractivity contribution in [1.29, 1.82) is 0 Å². The molecule has 1 unspecified atom stereocenters. The Hall–Kier alpha value is -0.0800. The normalized spacial score (nSPS) is 46.1. The van der Waals surface area contributed by atoms with Crippen LogP contribution in [-0.2, 0) is 4.79 Å². The third-order valence-electron chi connectivity index (χ3n) is 2.39. The highest BCUT2D eigenvalue weighted by atomic mass is 35.5. The van der Waals surface area contributed by atoms with Crippen LogP contribution in [0.15, 0.2) is 0 Å². The van der Waals surface area contributed by atoms with E-state index in [1.165, 1.54) is 0 Å². The third kappa shape index (κ3) is 0.867. The number of rotatable bonds is 0. The minimum Gasteiger partial charge on any atom is -0.297 e. The van der Waals surface area contributed by atoms with Gasteiger partial charge in [-0.2, -0.15) is 0 Å². The number of nitrogens with zero attached hydrogens (tertiary/aromatic N) is 1. The van der Waals surface area contributed by atoms with Crippen molar-refractivity contribution in [2.75, 3.05) is 13.1 Å². The second kappa shape index (κ2) is 2.21. The van der Waals surface area contributed by atoms with E-state index in [2.05, 4.69) is 4.90 Å². The van der Waals surface area contributed by atoms with Crippen LogP contribution >= 0.6 is 11.6 Å². The minimum absolute atomic E-state index is 0.218. The summed E-state index contributed by atoms with van der Waals surface area (Å²) in [4.78, 5) is 13.1. The molecule has 0 radical (unpaired) electrons. The summed E-state index contributed by atoms with van der Waals surface area (Å²) in [7, 11) is 0. The fourth-order valence-corrected chi connectivity index (χ4v) is 2.09. The van der Waals surface area contributed by atoms with Gasteiger partial charge in [0.2, 0.25) is 0 Å². The van der Waals surface area contributed by atoms with E-state index in [1.807, 2.05) is 0 Å². The maximum Gasteiger partial charge on any atom is 0.165 e. The predicted molar refractivity (Wildman–Crippen MR) is 38.9 cm³/mol. The van der Waals surface area contributed by atoms with E-state index in [4.69, 9.17) is 11.6 Å². The average molecular weight is 160 g/mol. The molecule has 0 aromatic heterocycles. The Morgan fingerprint density at radius 1 is 1.60 bits per heavy atom. The number of piperidine rings is 1. The lowest BCUT2D eigenvalue weighted by atomic mass is 10.00. The van der Waals surface area contributed by atoms with Crippen LogP contribution in [0.25, 0.3) is 0 Å². The van der Waals surface area contributed by atoms with E-state index in [0.29, 0.717) is 12.3 Å². The van der Waals surface area contributed by atoms with E-state index < -0.39 is 0 Å². The van der Waals surface area contributed by atoms with Crippen LogP contribution in [0.2, 0.25) is 0 Å². The summed E-state index contributed by atoms with van der Waals surface area (Å²) >= 11 is 5.84. The molecule has 0 aliphatic carbocycles. The zero-order chi connectivity index (χ0) is 7.14. The lowest BCUT2D eigenvalue weighted by molar-refractivity contribution is -0.123. The fourth-order valence-electron chi connectivity index (χ4n) is 1.82. The maximum atomic E-state index is 11.1. The average Bonchev–Trinajstić information content (AvgIpc) is 2.29. The number of hydrogen-bond donors (Lipinski definition) is 0. The van der Waals surface area contributed by atoms with Crippen molar-refractivity contribution in [2.24, 2.45) is 5.92 Å². The predicted octanol–water partition coefficient (Wildman–Crippen LogP) is 0.846. The molecular formula is C7H10ClNO. The Morgan fingerprint density at radius 2 is 2.40 bits per heavy atom. The lowest BCUT2D eigenvalue weighted by Crippen LogP contribution is -2.39. The van der Waals surface area contributed by atoms with Crippen LogP contribution < -0.4 is 0 Å². The molecule has 2 fully saturated rings. The molecule has 2 aliphatic rings. The topological polar surface area (TPSA) is 20.3 Å². The van der Waals surface area contributed by atoms with Crippen LogP contribution in [0.5, 0.6) is 0 Å². The van der Waals surface area contributed by atoms with E-state index in [-0.39, 0.29) is 11.3 Å². The number of ketones is 1. The maximum absolute atomic E-state index is 11.1. The van der Waals surface area contributed by atoms with Gasteiger partial charge in [0.25, 0.3) is 0 Å². The largest absolute Gasteiger partial charge is 0.297 e. The molecule has 2 rings (SSSR count). The van der Waals surface area contributed by atoms with Crippen LogP contribution in [0, 0.1) is 5.92 Å². The second-order valence-corrected chi connectivity index (χ2v) is 3.57. The Morgan fingerprint density at radius 3 is 3.20 bits per heavy atom. The van der Waals surface area contributed by atoms with Gasteiger partial charge in [0.15, 0.2) is 5.78 Å². The monoisotopic (exact) mass is 159 g/mol. The highest BCUT2D eigenvalue weighted by Gasteiger charge is 2.37. The van der Waals surface area contributed by atoms with Gasteiger partial charge in [-0.3, -0.25) is 9.69 Å². The molecule has 3 heteroatoms. The number of fused-ring (bicyclic) bond motifs is 2. The molecule has 2 bridgehead atoms. The zero-order valence-electron chi connectivity index (χ0n) is 5.72. The molecule has 56 valence electrons. The first-order valence-corrected chi connectivity index (χ1v) is 4.12. The van der Waals surface area contributed by atoms with Crippen molar-refractivity contribution in [3.63, 3.8) is 0 Å². The highest BCUT2D eigenvalue weighted by Crippen LogP contribution is 2.29. The fraction of sp³-hybridized carbons (Fsp3) is 0.857. The van der Waals surface area contributed by atoms with Gasteiger partial charge in [-0.25, -0.2) is 0 Å². The number of Topliss-reactive ketones (excluding diaryl/α,β-unsaturated/α-hetero) is 1. The summed E-state index contributed by atoms with van der Waals surface area (Å²) in [6.45, 7) is 2.06.